The van der Waals surface area contributed by atoms with Gasteiger partial charge in [-0.3, -0.25) is 9.42 Å². The third-order valence-corrected chi connectivity index (χ3v) is 4.12. The SMILES string of the molecule is O=P(O)(OCCO)OP(=O)(O)Oc1ccccc1. The van der Waals surface area contributed by atoms with Crippen LogP contribution in [0.25, 0.3) is 0 Å². The highest BCUT2D eigenvalue weighted by Crippen LogP contribution is 2.59. The number of phosphoric ester groups is 2. The molecule has 0 aliphatic heterocycles. The lowest BCUT2D eigenvalue weighted by atomic mass is 10.3. The van der Waals surface area contributed by atoms with Crippen molar-refractivity contribution in [3.63, 3.8) is 0 Å². The van der Waals surface area contributed by atoms with E-state index in [0.717, 1.165) is 0 Å². The summed E-state index contributed by atoms with van der Waals surface area (Å²) in [6.45, 7) is -1.05. The maximum absolute atomic E-state index is 11.4. The molecule has 8 nitrogen and oxygen atoms in total. The van der Waals surface area contributed by atoms with Gasteiger partial charge in [-0.05, 0) is 12.1 Å². The summed E-state index contributed by atoms with van der Waals surface area (Å²) in [6, 6.07) is 7.45. The first-order valence-electron chi connectivity index (χ1n) is 4.72. The highest BCUT2D eigenvalue weighted by molar-refractivity contribution is 7.61. The van der Waals surface area contributed by atoms with Gasteiger partial charge in [-0.25, -0.2) is 9.13 Å². The molecule has 3 N–H and O–H groups in total. The van der Waals surface area contributed by atoms with Crippen molar-refractivity contribution in [2.75, 3.05) is 13.2 Å². The lowest BCUT2D eigenvalue weighted by Crippen LogP contribution is -2.01. The molecule has 1 aromatic carbocycles. The predicted octanol–water partition coefficient (Wildman–Crippen LogP) is 1.29. The fraction of sp³-hybridized carbons (Fsp3) is 0.250. The molecule has 1 rings (SSSR count). The van der Waals surface area contributed by atoms with Crippen molar-refractivity contribution in [1.82, 2.24) is 0 Å². The van der Waals surface area contributed by atoms with Crippen LogP contribution >= 0.6 is 15.6 Å². The number of hydrogen-bond donors (Lipinski definition) is 3. The fourth-order valence-electron chi connectivity index (χ4n) is 0.941. The van der Waals surface area contributed by atoms with Gasteiger partial charge in [0.05, 0.1) is 13.2 Å². The molecule has 0 radical (unpaired) electrons. The Labute approximate surface area is 103 Å². The number of phosphoric acid groups is 2. The van der Waals surface area contributed by atoms with E-state index in [1.54, 1.807) is 6.07 Å². The van der Waals surface area contributed by atoms with Gasteiger partial charge in [0, 0.05) is 0 Å². The average molecular weight is 298 g/mol. The zero-order valence-corrected chi connectivity index (χ0v) is 10.9. The third-order valence-electron chi connectivity index (χ3n) is 1.52. The van der Waals surface area contributed by atoms with Crippen LogP contribution in [0.4, 0.5) is 0 Å². The molecule has 0 bridgehead atoms. The quantitative estimate of drug-likeness (QED) is 0.643. The molecule has 0 heterocycles. The fourth-order valence-corrected chi connectivity index (χ4v) is 3.01. The summed E-state index contributed by atoms with van der Waals surface area (Å²) < 4.78 is 35.3. The van der Waals surface area contributed by atoms with Gasteiger partial charge in [0.2, 0.25) is 0 Å². The maximum Gasteiger partial charge on any atom is 0.536 e. The Kier molecular flexibility index (Phi) is 5.49. The molecule has 18 heavy (non-hydrogen) atoms. The van der Waals surface area contributed by atoms with E-state index in [9.17, 15) is 14.0 Å². The number of benzene rings is 1. The van der Waals surface area contributed by atoms with Gasteiger partial charge >= 0.3 is 15.6 Å². The van der Waals surface area contributed by atoms with E-state index in [2.05, 4.69) is 13.4 Å². The number of rotatable bonds is 7. The number of para-hydroxylation sites is 1. The van der Waals surface area contributed by atoms with E-state index in [0.29, 0.717) is 0 Å². The minimum absolute atomic E-state index is 0.00880. The van der Waals surface area contributed by atoms with Crippen LogP contribution in [-0.2, 0) is 18.0 Å². The smallest absolute Gasteiger partial charge is 0.404 e. The van der Waals surface area contributed by atoms with Crippen molar-refractivity contribution < 1.29 is 37.4 Å². The van der Waals surface area contributed by atoms with E-state index < -0.39 is 28.9 Å². The average Bonchev–Trinajstić information content (AvgIpc) is 2.25. The van der Waals surface area contributed by atoms with Crippen molar-refractivity contribution in [3.05, 3.63) is 30.3 Å². The van der Waals surface area contributed by atoms with Crippen LogP contribution in [0.15, 0.2) is 30.3 Å². The van der Waals surface area contributed by atoms with Crippen LogP contribution in [0, 0.1) is 0 Å². The van der Waals surface area contributed by atoms with Gasteiger partial charge in [-0.15, -0.1) is 0 Å². The van der Waals surface area contributed by atoms with Gasteiger partial charge < -0.3 is 14.5 Å². The molecule has 0 saturated carbocycles. The van der Waals surface area contributed by atoms with E-state index in [1.165, 1.54) is 24.3 Å². The Morgan fingerprint density at radius 3 is 2.22 bits per heavy atom. The van der Waals surface area contributed by atoms with Gasteiger partial charge in [0.1, 0.15) is 5.75 Å². The normalized spacial score (nSPS) is 17.7. The molecule has 102 valence electrons. The van der Waals surface area contributed by atoms with Gasteiger partial charge in [0.15, 0.2) is 0 Å². The maximum atomic E-state index is 11.4. The number of aliphatic hydroxyl groups excluding tert-OH is 1. The summed E-state index contributed by atoms with van der Waals surface area (Å²) in [5, 5.41) is 8.39. The molecule has 1 aromatic rings. The summed E-state index contributed by atoms with van der Waals surface area (Å²) in [5.74, 6) is -0.00880. The molecular formula is C8H12O8P2. The summed E-state index contributed by atoms with van der Waals surface area (Å²) in [7, 11) is -9.56. The van der Waals surface area contributed by atoms with Crippen LogP contribution in [-0.4, -0.2) is 28.1 Å². The zero-order chi connectivity index (χ0) is 13.6. The number of hydrogen-bond acceptors (Lipinski definition) is 6. The Balaban J connectivity index is 2.65. The molecule has 10 heteroatoms. The Bertz CT molecular complexity index is 461. The molecule has 0 aromatic heterocycles. The second-order valence-electron chi connectivity index (χ2n) is 2.98. The van der Waals surface area contributed by atoms with Crippen molar-refractivity contribution in [2.24, 2.45) is 0 Å². The van der Waals surface area contributed by atoms with Gasteiger partial charge in [-0.1, -0.05) is 18.2 Å². The predicted molar refractivity (Wildman–Crippen MR) is 60.8 cm³/mol. The Hall–Kier alpha value is -0.720. The van der Waals surface area contributed by atoms with E-state index in [-0.39, 0.29) is 5.75 Å². The van der Waals surface area contributed by atoms with E-state index in [4.69, 9.17) is 10.00 Å². The van der Waals surface area contributed by atoms with E-state index >= 15 is 0 Å². The highest BCUT2D eigenvalue weighted by Gasteiger charge is 2.36. The molecule has 0 aliphatic rings. The molecule has 2 unspecified atom stereocenters. The summed E-state index contributed by atoms with van der Waals surface area (Å²) in [5.41, 5.74) is 0. The standard InChI is InChI=1S/C8H12O8P2/c9-6-7-14-17(10,11)16-18(12,13)15-8-4-2-1-3-5-8/h1-5,9H,6-7H2,(H,10,11)(H,12,13). The monoisotopic (exact) mass is 298 g/mol. The molecule has 0 amide bonds. The van der Waals surface area contributed by atoms with Crippen LogP contribution in [0.5, 0.6) is 5.75 Å². The van der Waals surface area contributed by atoms with Crippen LogP contribution < -0.4 is 4.52 Å². The van der Waals surface area contributed by atoms with Crippen molar-refractivity contribution in [2.45, 2.75) is 0 Å². The first-order valence-corrected chi connectivity index (χ1v) is 7.71. The van der Waals surface area contributed by atoms with Crippen LogP contribution in [0.2, 0.25) is 0 Å². The molecular weight excluding hydrogens is 286 g/mol. The first-order chi connectivity index (χ1) is 8.35. The Morgan fingerprint density at radius 1 is 1.06 bits per heavy atom. The minimum Gasteiger partial charge on any atom is -0.404 e. The molecule has 0 aliphatic carbocycles. The molecule has 0 saturated heterocycles. The van der Waals surface area contributed by atoms with Crippen LogP contribution in [0.1, 0.15) is 0 Å². The van der Waals surface area contributed by atoms with Gasteiger partial charge in [0.25, 0.3) is 0 Å². The minimum atomic E-state index is -4.80. The molecule has 2 atom stereocenters. The summed E-state index contributed by atoms with van der Waals surface area (Å²) >= 11 is 0. The molecule has 0 fully saturated rings. The first kappa shape index (κ1) is 15.3. The third kappa shape index (κ3) is 5.75. The second-order valence-corrected chi connectivity index (χ2v) is 5.95. The second kappa shape index (κ2) is 6.45. The number of aliphatic hydroxyl groups is 1. The summed E-state index contributed by atoms with van der Waals surface area (Å²) in [4.78, 5) is 18.3. The zero-order valence-electron chi connectivity index (χ0n) is 9.08. The highest BCUT2D eigenvalue weighted by atomic mass is 31.3. The van der Waals surface area contributed by atoms with Crippen molar-refractivity contribution in [3.8, 4) is 5.75 Å². The van der Waals surface area contributed by atoms with Crippen molar-refractivity contribution in [1.29, 1.82) is 0 Å². The molecule has 0 spiro atoms. The Morgan fingerprint density at radius 2 is 1.67 bits per heavy atom. The van der Waals surface area contributed by atoms with Crippen LogP contribution in [0.3, 0.4) is 0 Å². The lowest BCUT2D eigenvalue weighted by molar-refractivity contribution is 0.145. The van der Waals surface area contributed by atoms with Crippen molar-refractivity contribution >= 4 is 15.6 Å². The van der Waals surface area contributed by atoms with E-state index in [1.807, 2.05) is 0 Å². The largest absolute Gasteiger partial charge is 0.536 e. The topological polar surface area (TPSA) is 123 Å². The lowest BCUT2D eigenvalue weighted by Gasteiger charge is -2.15. The summed E-state index contributed by atoms with van der Waals surface area (Å²) in [6.07, 6.45) is 0. The van der Waals surface area contributed by atoms with Gasteiger partial charge in [-0.2, -0.15) is 4.31 Å².